The van der Waals surface area contributed by atoms with Crippen LogP contribution in [0.2, 0.25) is 0 Å². The molecule has 0 aliphatic carbocycles. The molecule has 0 unspecified atom stereocenters. The van der Waals surface area contributed by atoms with E-state index in [1.165, 1.54) is 36.4 Å². The van der Waals surface area contributed by atoms with Gasteiger partial charge in [0.25, 0.3) is 0 Å². The fourth-order valence-electron chi connectivity index (χ4n) is 2.46. The van der Waals surface area contributed by atoms with Crippen LogP contribution in [0.4, 0.5) is 0 Å². The van der Waals surface area contributed by atoms with Crippen molar-refractivity contribution in [1.29, 1.82) is 0 Å². The summed E-state index contributed by atoms with van der Waals surface area (Å²) in [6.45, 7) is 7.03. The first kappa shape index (κ1) is 21.8. The molecule has 4 heteroatoms. The fourth-order valence-corrected chi connectivity index (χ4v) is 2.46. The second kappa shape index (κ2) is 10.0. The number of nitrogens with zero attached hydrogens (tertiary/aromatic N) is 1. The van der Waals surface area contributed by atoms with E-state index < -0.39 is 0 Å². The quantitative estimate of drug-likeness (QED) is 0.279. The molecule has 1 radical (unpaired) electrons. The predicted octanol–water partition coefficient (Wildman–Crippen LogP) is 5.35. The summed E-state index contributed by atoms with van der Waals surface area (Å²) in [6, 6.07) is 19.8. The Kier molecular flexibility index (Phi) is 8.37. The van der Waals surface area contributed by atoms with Crippen molar-refractivity contribution in [2.45, 2.75) is 27.7 Å². The third-order valence-electron chi connectivity index (χ3n) is 3.58. The van der Waals surface area contributed by atoms with Crippen molar-refractivity contribution >= 4 is 16.7 Å². The Balaban J connectivity index is 0.000000366. The molecule has 0 aliphatic heterocycles. The summed E-state index contributed by atoms with van der Waals surface area (Å²) in [6.07, 6.45) is 1.17. The molecule has 3 nitrogen and oxygen atoms in total. The number of carbonyl (C=O) groups is 1. The molecule has 1 N–H and O–H groups in total. The Bertz CT molecular complexity index is 928. The van der Waals surface area contributed by atoms with Gasteiger partial charge in [-0.1, -0.05) is 31.2 Å². The first-order valence-corrected chi connectivity index (χ1v) is 8.10. The standard InChI is InChI=1S/C17H14N.C5H8O2.Ir/c1-12-7-8-14-9-10-16(18-17(14)11-12)15-6-4-3-5-13(15)2;1-4(6)3-5(2)7;/h3-5,7-11H,1-2H3;3,6H,1-2H3;/q-1;;/b;4-3-;. The normalized spacial score (nSPS) is 10.5. The average molecular weight is 525 g/mol. The van der Waals surface area contributed by atoms with Gasteiger partial charge >= 0.3 is 0 Å². The zero-order chi connectivity index (χ0) is 18.4. The largest absolute Gasteiger partial charge is 0.512 e. The molecule has 3 rings (SSSR count). The fraction of sp³-hybridized carbons (Fsp3) is 0.182. The smallest absolute Gasteiger partial charge is 0.155 e. The van der Waals surface area contributed by atoms with Crippen molar-refractivity contribution in [1.82, 2.24) is 4.98 Å². The number of fused-ring (bicyclic) bond motifs is 1. The van der Waals surface area contributed by atoms with Gasteiger partial charge in [-0.25, -0.2) is 0 Å². The minimum absolute atomic E-state index is 0. The van der Waals surface area contributed by atoms with Crippen molar-refractivity contribution in [3.05, 3.63) is 77.6 Å². The minimum Gasteiger partial charge on any atom is -0.512 e. The Morgan fingerprint density at radius 1 is 1.12 bits per heavy atom. The van der Waals surface area contributed by atoms with E-state index >= 15 is 0 Å². The zero-order valence-corrected chi connectivity index (χ0v) is 17.7. The molecule has 0 amide bonds. The van der Waals surface area contributed by atoms with Crippen LogP contribution in [0.15, 0.2) is 60.4 Å². The SMILES string of the molecule is CC(=O)/C=C(/C)O.Cc1ccc2ccc(-c3[c-]cccc3C)nc2c1.[Ir]. The Labute approximate surface area is 168 Å². The number of aryl methyl sites for hydroxylation is 2. The molecule has 0 saturated heterocycles. The number of rotatable bonds is 2. The van der Waals surface area contributed by atoms with Gasteiger partial charge in [0.15, 0.2) is 5.78 Å². The molecular weight excluding hydrogens is 502 g/mol. The summed E-state index contributed by atoms with van der Waals surface area (Å²) in [5.41, 5.74) is 5.56. The second-order valence-electron chi connectivity index (χ2n) is 6.02. The Morgan fingerprint density at radius 2 is 1.81 bits per heavy atom. The number of aromatic nitrogens is 1. The van der Waals surface area contributed by atoms with E-state index in [9.17, 15) is 4.79 Å². The molecule has 2 aromatic carbocycles. The number of carbonyl (C=O) groups excluding carboxylic acids is 1. The number of pyridine rings is 1. The van der Waals surface area contributed by atoms with Gasteiger partial charge in [0.1, 0.15) is 0 Å². The molecule has 137 valence electrons. The summed E-state index contributed by atoms with van der Waals surface area (Å²) < 4.78 is 0. The van der Waals surface area contributed by atoms with Crippen LogP contribution in [-0.2, 0) is 24.9 Å². The van der Waals surface area contributed by atoms with Crippen LogP contribution < -0.4 is 0 Å². The molecule has 0 aliphatic rings. The van der Waals surface area contributed by atoms with Crippen molar-refractivity contribution in [2.24, 2.45) is 0 Å². The molecule has 26 heavy (non-hydrogen) atoms. The molecule has 0 saturated carbocycles. The summed E-state index contributed by atoms with van der Waals surface area (Å²) >= 11 is 0. The van der Waals surface area contributed by atoms with Crippen LogP contribution in [0.5, 0.6) is 0 Å². The van der Waals surface area contributed by atoms with Gasteiger partial charge in [0, 0.05) is 26.2 Å². The molecule has 0 spiro atoms. The zero-order valence-electron chi connectivity index (χ0n) is 15.3. The molecule has 0 bridgehead atoms. The van der Waals surface area contributed by atoms with Gasteiger partial charge in [0.05, 0.1) is 11.3 Å². The monoisotopic (exact) mass is 525 g/mol. The van der Waals surface area contributed by atoms with Gasteiger partial charge in [-0.15, -0.1) is 35.4 Å². The first-order chi connectivity index (χ1) is 11.9. The van der Waals surface area contributed by atoms with E-state index in [4.69, 9.17) is 10.1 Å². The third-order valence-corrected chi connectivity index (χ3v) is 3.58. The van der Waals surface area contributed by atoms with E-state index in [0.29, 0.717) is 0 Å². The molecule has 1 heterocycles. The number of hydrogen-bond donors (Lipinski definition) is 1. The number of aliphatic hydroxyl groups is 1. The van der Waals surface area contributed by atoms with Gasteiger partial charge in [0.2, 0.25) is 0 Å². The van der Waals surface area contributed by atoms with Crippen molar-refractivity contribution in [3.8, 4) is 11.3 Å². The van der Waals surface area contributed by atoms with Gasteiger partial charge in [-0.2, -0.15) is 0 Å². The van der Waals surface area contributed by atoms with Gasteiger partial charge in [-0.3, -0.25) is 9.78 Å². The topological polar surface area (TPSA) is 50.2 Å². The molecular formula is C22H22IrNO2-. The van der Waals surface area contributed by atoms with E-state index in [1.807, 2.05) is 12.1 Å². The minimum atomic E-state index is -0.125. The summed E-state index contributed by atoms with van der Waals surface area (Å²) in [5.74, 6) is -0.0625. The summed E-state index contributed by atoms with van der Waals surface area (Å²) in [5, 5.41) is 9.54. The maximum Gasteiger partial charge on any atom is 0.155 e. The van der Waals surface area contributed by atoms with Crippen LogP contribution in [-0.4, -0.2) is 15.9 Å². The number of benzene rings is 2. The molecule has 0 fully saturated rings. The van der Waals surface area contributed by atoms with Gasteiger partial charge in [-0.05, 0) is 43.5 Å². The molecule has 0 atom stereocenters. The van der Waals surface area contributed by atoms with Crippen LogP contribution in [0.25, 0.3) is 22.2 Å². The van der Waals surface area contributed by atoms with E-state index in [1.54, 1.807) is 0 Å². The number of ketones is 1. The van der Waals surface area contributed by atoms with E-state index in [2.05, 4.69) is 56.3 Å². The van der Waals surface area contributed by atoms with Crippen LogP contribution >= 0.6 is 0 Å². The van der Waals surface area contributed by atoms with Crippen molar-refractivity contribution in [3.63, 3.8) is 0 Å². The van der Waals surface area contributed by atoms with E-state index in [0.717, 1.165) is 16.8 Å². The van der Waals surface area contributed by atoms with Crippen LogP contribution in [0.1, 0.15) is 25.0 Å². The molecule has 1 aromatic heterocycles. The maximum absolute atomic E-state index is 10.0. The first-order valence-electron chi connectivity index (χ1n) is 8.10. The average Bonchev–Trinajstić information content (AvgIpc) is 2.54. The van der Waals surface area contributed by atoms with Crippen molar-refractivity contribution in [2.75, 3.05) is 0 Å². The van der Waals surface area contributed by atoms with E-state index in [-0.39, 0.29) is 31.6 Å². The third kappa shape index (κ3) is 6.21. The number of allylic oxidation sites excluding steroid dienone is 2. The molecule has 3 aromatic rings. The Morgan fingerprint density at radius 3 is 2.38 bits per heavy atom. The van der Waals surface area contributed by atoms with Crippen LogP contribution in [0, 0.1) is 19.9 Å². The number of hydrogen-bond acceptors (Lipinski definition) is 3. The van der Waals surface area contributed by atoms with Crippen LogP contribution in [0.3, 0.4) is 0 Å². The predicted molar refractivity (Wildman–Crippen MR) is 103 cm³/mol. The second-order valence-corrected chi connectivity index (χ2v) is 6.02. The van der Waals surface area contributed by atoms with Gasteiger partial charge < -0.3 is 5.11 Å². The summed E-state index contributed by atoms with van der Waals surface area (Å²) in [7, 11) is 0. The van der Waals surface area contributed by atoms with Crippen molar-refractivity contribution < 1.29 is 30.0 Å². The maximum atomic E-state index is 10.0. The number of aliphatic hydroxyl groups excluding tert-OH is 1. The Hall–Kier alpha value is -2.29. The summed E-state index contributed by atoms with van der Waals surface area (Å²) in [4.78, 5) is 14.8.